The molecule has 3 rings (SSSR count). The van der Waals surface area contributed by atoms with Crippen LogP contribution < -0.4 is 5.32 Å². The molecule has 0 aliphatic heterocycles. The van der Waals surface area contributed by atoms with Crippen LogP contribution in [0, 0.1) is 0 Å². The fraction of sp³-hybridized carbons (Fsp3) is 0.167. The van der Waals surface area contributed by atoms with E-state index in [4.69, 9.17) is 4.42 Å². The van der Waals surface area contributed by atoms with Crippen LogP contribution in [-0.2, 0) is 13.6 Å². The van der Waals surface area contributed by atoms with E-state index in [0.717, 1.165) is 10.6 Å². The van der Waals surface area contributed by atoms with Gasteiger partial charge in [0, 0.05) is 18.9 Å². The molecule has 0 spiro atoms. The van der Waals surface area contributed by atoms with Crippen LogP contribution in [0.1, 0.15) is 5.69 Å². The van der Waals surface area contributed by atoms with Crippen molar-refractivity contribution in [3.8, 4) is 10.8 Å². The number of anilines is 1. The fourth-order valence-corrected chi connectivity index (χ4v) is 2.28. The molecule has 0 aromatic carbocycles. The summed E-state index contributed by atoms with van der Waals surface area (Å²) in [5, 5.41) is 13.1. The SMILES string of the molecule is Cn1cccc1CNc1nnc(-c2cccs2)o1. The second-order valence-corrected chi connectivity index (χ2v) is 4.80. The third-order valence-corrected chi connectivity index (χ3v) is 3.49. The summed E-state index contributed by atoms with van der Waals surface area (Å²) >= 11 is 1.58. The average molecular weight is 260 g/mol. The van der Waals surface area contributed by atoms with Gasteiger partial charge in [-0.05, 0) is 23.6 Å². The molecule has 3 aromatic heterocycles. The van der Waals surface area contributed by atoms with Gasteiger partial charge >= 0.3 is 6.01 Å². The molecule has 0 aliphatic carbocycles. The summed E-state index contributed by atoms with van der Waals surface area (Å²) in [4.78, 5) is 0.981. The van der Waals surface area contributed by atoms with Gasteiger partial charge in [-0.1, -0.05) is 11.2 Å². The van der Waals surface area contributed by atoms with Crippen molar-refractivity contribution in [2.75, 3.05) is 5.32 Å². The van der Waals surface area contributed by atoms with Gasteiger partial charge in [0.05, 0.1) is 11.4 Å². The highest BCUT2D eigenvalue weighted by Gasteiger charge is 2.09. The summed E-state index contributed by atoms with van der Waals surface area (Å²) in [6, 6.07) is 8.41. The highest BCUT2D eigenvalue weighted by molar-refractivity contribution is 7.13. The molecule has 0 aliphatic rings. The monoisotopic (exact) mass is 260 g/mol. The molecular weight excluding hydrogens is 248 g/mol. The van der Waals surface area contributed by atoms with Crippen LogP contribution in [0.15, 0.2) is 40.3 Å². The third-order valence-electron chi connectivity index (χ3n) is 2.63. The Bertz CT molecular complexity index is 626. The minimum atomic E-state index is 0.444. The standard InChI is InChI=1S/C12H12N4OS/c1-16-6-2-4-9(16)8-13-12-15-14-11(17-12)10-5-3-7-18-10/h2-7H,8H2,1H3,(H,13,15). The summed E-state index contributed by atoms with van der Waals surface area (Å²) in [6.07, 6.45) is 2.00. The summed E-state index contributed by atoms with van der Waals surface area (Å²) < 4.78 is 7.58. The maximum atomic E-state index is 5.53. The van der Waals surface area contributed by atoms with Crippen LogP contribution in [0.25, 0.3) is 10.8 Å². The van der Waals surface area contributed by atoms with Crippen molar-refractivity contribution in [1.82, 2.24) is 14.8 Å². The number of hydrogen-bond acceptors (Lipinski definition) is 5. The lowest BCUT2D eigenvalue weighted by molar-refractivity contribution is 0.581. The van der Waals surface area contributed by atoms with Crippen molar-refractivity contribution < 1.29 is 4.42 Å². The third kappa shape index (κ3) is 2.14. The number of aryl methyl sites for hydroxylation is 1. The molecule has 0 saturated carbocycles. The van der Waals surface area contributed by atoms with Gasteiger partial charge in [-0.3, -0.25) is 0 Å². The number of thiophene rings is 1. The molecule has 5 nitrogen and oxygen atoms in total. The van der Waals surface area contributed by atoms with Crippen LogP contribution in [0.4, 0.5) is 6.01 Å². The molecule has 18 heavy (non-hydrogen) atoms. The lowest BCUT2D eigenvalue weighted by Gasteiger charge is -2.02. The first kappa shape index (κ1) is 11.0. The zero-order valence-corrected chi connectivity index (χ0v) is 10.6. The Labute approximate surface area is 108 Å². The molecular formula is C12H12N4OS. The van der Waals surface area contributed by atoms with E-state index in [0.29, 0.717) is 18.5 Å². The van der Waals surface area contributed by atoms with Crippen LogP contribution in [0.2, 0.25) is 0 Å². The fourth-order valence-electron chi connectivity index (χ4n) is 1.64. The lowest BCUT2D eigenvalue weighted by atomic mass is 10.4. The van der Waals surface area contributed by atoms with Gasteiger partial charge in [-0.15, -0.1) is 16.4 Å². The molecule has 3 heterocycles. The molecule has 0 fully saturated rings. The Morgan fingerprint density at radius 3 is 3.00 bits per heavy atom. The first-order valence-corrected chi connectivity index (χ1v) is 6.42. The van der Waals surface area contributed by atoms with Crippen molar-refractivity contribution in [3.63, 3.8) is 0 Å². The van der Waals surface area contributed by atoms with Crippen LogP contribution in [0.5, 0.6) is 0 Å². The number of nitrogens with one attached hydrogen (secondary N) is 1. The van der Waals surface area contributed by atoms with Crippen molar-refractivity contribution >= 4 is 17.4 Å². The van der Waals surface area contributed by atoms with Crippen LogP contribution in [0.3, 0.4) is 0 Å². The second-order valence-electron chi connectivity index (χ2n) is 3.85. The predicted octanol–water partition coefficient (Wildman–Crippen LogP) is 2.75. The number of rotatable bonds is 4. The van der Waals surface area contributed by atoms with Gasteiger partial charge < -0.3 is 14.3 Å². The van der Waals surface area contributed by atoms with Crippen LogP contribution >= 0.6 is 11.3 Å². The minimum Gasteiger partial charge on any atom is -0.403 e. The molecule has 92 valence electrons. The Balaban J connectivity index is 1.69. The summed E-state index contributed by atoms with van der Waals surface area (Å²) in [5.74, 6) is 0.555. The van der Waals surface area contributed by atoms with Crippen molar-refractivity contribution in [2.24, 2.45) is 7.05 Å². The van der Waals surface area contributed by atoms with Gasteiger partial charge in [0.15, 0.2) is 0 Å². The number of aromatic nitrogens is 3. The topological polar surface area (TPSA) is 55.9 Å². The molecule has 6 heteroatoms. The zero-order chi connectivity index (χ0) is 12.4. The second kappa shape index (κ2) is 4.66. The highest BCUT2D eigenvalue weighted by Crippen LogP contribution is 2.24. The molecule has 0 radical (unpaired) electrons. The Morgan fingerprint density at radius 2 is 2.28 bits per heavy atom. The van der Waals surface area contributed by atoms with E-state index >= 15 is 0 Å². The van der Waals surface area contributed by atoms with Crippen molar-refractivity contribution in [3.05, 3.63) is 41.5 Å². The summed E-state index contributed by atoms with van der Waals surface area (Å²) in [7, 11) is 2.00. The number of nitrogens with zero attached hydrogens (tertiary/aromatic N) is 3. The van der Waals surface area contributed by atoms with Gasteiger partial charge in [0.1, 0.15) is 0 Å². The lowest BCUT2D eigenvalue weighted by Crippen LogP contribution is -2.03. The van der Waals surface area contributed by atoms with Gasteiger partial charge in [-0.2, -0.15) is 0 Å². The average Bonchev–Trinajstić information content (AvgIpc) is 3.08. The van der Waals surface area contributed by atoms with Crippen molar-refractivity contribution in [1.29, 1.82) is 0 Å². The molecule has 0 atom stereocenters. The summed E-state index contributed by atoms with van der Waals surface area (Å²) in [6.45, 7) is 0.662. The molecule has 3 aromatic rings. The van der Waals surface area contributed by atoms with E-state index < -0.39 is 0 Å². The van der Waals surface area contributed by atoms with E-state index in [1.54, 1.807) is 11.3 Å². The molecule has 0 amide bonds. The normalized spacial score (nSPS) is 10.7. The van der Waals surface area contributed by atoms with Crippen molar-refractivity contribution in [2.45, 2.75) is 6.54 Å². The van der Waals surface area contributed by atoms with Gasteiger partial charge in [-0.25, -0.2) is 0 Å². The first-order valence-electron chi connectivity index (χ1n) is 5.54. The van der Waals surface area contributed by atoms with E-state index in [1.807, 2.05) is 47.5 Å². The zero-order valence-electron chi connectivity index (χ0n) is 9.83. The maximum Gasteiger partial charge on any atom is 0.316 e. The van der Waals surface area contributed by atoms with E-state index in [9.17, 15) is 0 Å². The Kier molecular flexibility index (Phi) is 2.85. The van der Waals surface area contributed by atoms with E-state index in [1.165, 1.54) is 0 Å². The first-order chi connectivity index (χ1) is 8.83. The molecule has 0 saturated heterocycles. The Morgan fingerprint density at radius 1 is 1.33 bits per heavy atom. The molecule has 0 unspecified atom stereocenters. The van der Waals surface area contributed by atoms with E-state index in [2.05, 4.69) is 15.5 Å². The molecule has 0 bridgehead atoms. The summed E-state index contributed by atoms with van der Waals surface area (Å²) in [5.41, 5.74) is 1.16. The smallest absolute Gasteiger partial charge is 0.316 e. The quantitative estimate of drug-likeness (QED) is 0.783. The Hall–Kier alpha value is -2.08. The maximum absolute atomic E-state index is 5.53. The van der Waals surface area contributed by atoms with Gasteiger partial charge in [0.25, 0.3) is 5.89 Å². The minimum absolute atomic E-state index is 0.444. The van der Waals surface area contributed by atoms with Crippen LogP contribution in [-0.4, -0.2) is 14.8 Å². The molecule has 1 N–H and O–H groups in total. The number of hydrogen-bond donors (Lipinski definition) is 1. The van der Waals surface area contributed by atoms with Gasteiger partial charge in [0.2, 0.25) is 0 Å². The highest BCUT2D eigenvalue weighted by atomic mass is 32.1. The predicted molar refractivity (Wildman–Crippen MR) is 70.4 cm³/mol. The van der Waals surface area contributed by atoms with E-state index in [-0.39, 0.29) is 0 Å². The largest absolute Gasteiger partial charge is 0.403 e.